The summed E-state index contributed by atoms with van der Waals surface area (Å²) in [6.07, 6.45) is 0.599. The van der Waals surface area contributed by atoms with Gasteiger partial charge in [-0.1, -0.05) is 72.8 Å². The summed E-state index contributed by atoms with van der Waals surface area (Å²) < 4.78 is 0. The van der Waals surface area contributed by atoms with E-state index < -0.39 is 11.9 Å². The molecule has 0 spiro atoms. The predicted molar refractivity (Wildman–Crippen MR) is 123 cm³/mol. The molecule has 1 atom stereocenters. The first kappa shape index (κ1) is 21.3. The maximum Gasteiger partial charge on any atom is 0.254 e. The second kappa shape index (κ2) is 9.92. The predicted octanol–water partition coefficient (Wildman–Crippen LogP) is 3.47. The van der Waals surface area contributed by atoms with Crippen LogP contribution in [0.15, 0.2) is 84.9 Å². The van der Waals surface area contributed by atoms with Gasteiger partial charge in [-0.15, -0.1) is 0 Å². The molecule has 0 aliphatic carbocycles. The average Bonchev–Trinajstić information content (AvgIpc) is 2.94. The van der Waals surface area contributed by atoms with E-state index in [0.717, 1.165) is 0 Å². The van der Waals surface area contributed by atoms with Gasteiger partial charge < -0.3 is 16.0 Å². The fraction of sp³-hybridized carbons (Fsp3) is 0.192. The van der Waals surface area contributed by atoms with Crippen LogP contribution in [0.25, 0.3) is 0 Å². The monoisotopic (exact) mass is 427 g/mol. The van der Waals surface area contributed by atoms with Gasteiger partial charge in [0.1, 0.15) is 6.04 Å². The van der Waals surface area contributed by atoms with Crippen molar-refractivity contribution in [2.75, 3.05) is 11.9 Å². The summed E-state index contributed by atoms with van der Waals surface area (Å²) in [7, 11) is 0. The molecule has 3 amide bonds. The Labute approximate surface area is 187 Å². The number of nitrogens with one attached hydrogen (secondary N) is 3. The van der Waals surface area contributed by atoms with Crippen molar-refractivity contribution < 1.29 is 14.4 Å². The standard InChI is InChI=1S/C26H25N3O3/c30-24(17-23-26(32)28-22-14-8-7-13-21(22)25(31)29-23)27-16-15-20(18-9-3-1-4-10-18)19-11-5-2-6-12-19/h1-14,20,23H,15-17H2,(H,27,30)(H,28,32)(H,29,31). The van der Waals surface area contributed by atoms with Crippen molar-refractivity contribution in [3.05, 3.63) is 102 Å². The van der Waals surface area contributed by atoms with Crippen LogP contribution in [0, 0.1) is 0 Å². The fourth-order valence-electron chi connectivity index (χ4n) is 3.97. The lowest BCUT2D eigenvalue weighted by Crippen LogP contribution is -2.44. The van der Waals surface area contributed by atoms with Gasteiger partial charge in [0.2, 0.25) is 11.8 Å². The Bertz CT molecular complexity index is 1060. The molecule has 4 rings (SSSR count). The van der Waals surface area contributed by atoms with Crippen LogP contribution in [0.5, 0.6) is 0 Å². The number of para-hydroxylation sites is 1. The highest BCUT2D eigenvalue weighted by Crippen LogP contribution is 2.27. The van der Waals surface area contributed by atoms with E-state index in [0.29, 0.717) is 24.2 Å². The molecule has 6 nitrogen and oxygen atoms in total. The lowest BCUT2D eigenvalue weighted by Gasteiger charge is -2.19. The third-order valence-corrected chi connectivity index (χ3v) is 5.60. The number of carbonyl (C=O) groups is 3. The maximum absolute atomic E-state index is 12.6. The van der Waals surface area contributed by atoms with Crippen molar-refractivity contribution in [1.29, 1.82) is 0 Å². The molecule has 0 radical (unpaired) electrons. The third-order valence-electron chi connectivity index (χ3n) is 5.60. The highest BCUT2D eigenvalue weighted by atomic mass is 16.2. The molecule has 0 fully saturated rings. The zero-order valence-electron chi connectivity index (χ0n) is 17.6. The topological polar surface area (TPSA) is 87.3 Å². The van der Waals surface area contributed by atoms with Gasteiger partial charge >= 0.3 is 0 Å². The molecule has 3 N–H and O–H groups in total. The Morgan fingerprint density at radius 3 is 2.09 bits per heavy atom. The first-order valence-electron chi connectivity index (χ1n) is 10.7. The van der Waals surface area contributed by atoms with Crippen LogP contribution < -0.4 is 16.0 Å². The number of hydrogen-bond acceptors (Lipinski definition) is 3. The molecular formula is C26H25N3O3. The molecule has 0 bridgehead atoms. The number of rotatable bonds is 7. The van der Waals surface area contributed by atoms with Gasteiger partial charge in [0.15, 0.2) is 0 Å². The Kier molecular flexibility index (Phi) is 6.60. The Balaban J connectivity index is 1.36. The molecule has 0 saturated carbocycles. The summed E-state index contributed by atoms with van der Waals surface area (Å²) in [5, 5.41) is 8.28. The normalized spacial score (nSPS) is 15.3. The largest absolute Gasteiger partial charge is 0.356 e. The van der Waals surface area contributed by atoms with E-state index >= 15 is 0 Å². The van der Waals surface area contributed by atoms with E-state index in [1.54, 1.807) is 24.3 Å². The number of fused-ring (bicyclic) bond motifs is 1. The number of hydrogen-bond donors (Lipinski definition) is 3. The van der Waals surface area contributed by atoms with Gasteiger partial charge in [0.05, 0.1) is 17.7 Å². The summed E-state index contributed by atoms with van der Waals surface area (Å²) in [6, 6.07) is 26.2. The van der Waals surface area contributed by atoms with E-state index in [1.807, 2.05) is 36.4 Å². The molecule has 162 valence electrons. The Hall–Kier alpha value is -3.93. The van der Waals surface area contributed by atoms with Crippen molar-refractivity contribution in [3.8, 4) is 0 Å². The number of benzene rings is 3. The second-order valence-electron chi connectivity index (χ2n) is 7.78. The van der Waals surface area contributed by atoms with Gasteiger partial charge in [0, 0.05) is 12.5 Å². The van der Waals surface area contributed by atoms with Gasteiger partial charge in [-0.25, -0.2) is 0 Å². The molecule has 1 unspecified atom stereocenters. The van der Waals surface area contributed by atoms with Crippen LogP contribution >= 0.6 is 0 Å². The maximum atomic E-state index is 12.6. The van der Waals surface area contributed by atoms with E-state index in [2.05, 4.69) is 40.2 Å². The quantitative estimate of drug-likeness (QED) is 0.540. The summed E-state index contributed by atoms with van der Waals surface area (Å²) in [5.74, 6) is -0.903. The lowest BCUT2D eigenvalue weighted by molar-refractivity contribution is -0.125. The van der Waals surface area contributed by atoms with Crippen molar-refractivity contribution in [1.82, 2.24) is 10.6 Å². The summed E-state index contributed by atoms with van der Waals surface area (Å²) in [6.45, 7) is 0.454. The average molecular weight is 428 g/mol. The first-order chi connectivity index (χ1) is 15.6. The molecule has 3 aromatic carbocycles. The van der Waals surface area contributed by atoms with E-state index in [4.69, 9.17) is 0 Å². The molecular weight excluding hydrogens is 402 g/mol. The van der Waals surface area contributed by atoms with Gasteiger partial charge in [-0.3, -0.25) is 14.4 Å². The minimum atomic E-state index is -0.922. The SMILES string of the molecule is O=C(CC1NC(=O)c2ccccc2NC1=O)NCCC(c1ccccc1)c1ccccc1. The third kappa shape index (κ3) is 5.03. The van der Waals surface area contributed by atoms with Crippen LogP contribution in [0.3, 0.4) is 0 Å². The van der Waals surface area contributed by atoms with E-state index in [-0.39, 0.29) is 24.2 Å². The van der Waals surface area contributed by atoms with Gasteiger partial charge in [-0.05, 0) is 29.7 Å². The highest BCUT2D eigenvalue weighted by Gasteiger charge is 2.29. The number of anilines is 1. The summed E-state index contributed by atoms with van der Waals surface area (Å²) >= 11 is 0. The van der Waals surface area contributed by atoms with Crippen molar-refractivity contribution in [3.63, 3.8) is 0 Å². The zero-order chi connectivity index (χ0) is 22.3. The van der Waals surface area contributed by atoms with Crippen molar-refractivity contribution in [2.24, 2.45) is 0 Å². The molecule has 1 aliphatic heterocycles. The van der Waals surface area contributed by atoms with Gasteiger partial charge in [0.25, 0.3) is 5.91 Å². The Morgan fingerprint density at radius 1 is 0.844 bits per heavy atom. The molecule has 3 aromatic rings. The molecule has 0 aromatic heterocycles. The fourth-order valence-corrected chi connectivity index (χ4v) is 3.97. The van der Waals surface area contributed by atoms with Crippen molar-refractivity contribution in [2.45, 2.75) is 24.8 Å². The highest BCUT2D eigenvalue weighted by molar-refractivity contribution is 6.10. The van der Waals surface area contributed by atoms with Crippen LogP contribution in [-0.4, -0.2) is 30.3 Å². The Morgan fingerprint density at radius 2 is 1.44 bits per heavy atom. The minimum Gasteiger partial charge on any atom is -0.356 e. The zero-order valence-corrected chi connectivity index (χ0v) is 17.6. The number of carbonyl (C=O) groups excluding carboxylic acids is 3. The summed E-state index contributed by atoms with van der Waals surface area (Å²) in [4.78, 5) is 37.5. The van der Waals surface area contributed by atoms with E-state index in [1.165, 1.54) is 11.1 Å². The van der Waals surface area contributed by atoms with Crippen LogP contribution in [0.1, 0.15) is 40.2 Å². The molecule has 0 saturated heterocycles. The molecule has 1 aliphatic rings. The van der Waals surface area contributed by atoms with Crippen molar-refractivity contribution >= 4 is 23.4 Å². The van der Waals surface area contributed by atoms with Crippen LogP contribution in [0.2, 0.25) is 0 Å². The lowest BCUT2D eigenvalue weighted by atomic mass is 9.88. The second-order valence-corrected chi connectivity index (χ2v) is 7.78. The van der Waals surface area contributed by atoms with Crippen LogP contribution in [-0.2, 0) is 9.59 Å². The first-order valence-corrected chi connectivity index (χ1v) is 10.7. The molecule has 32 heavy (non-hydrogen) atoms. The van der Waals surface area contributed by atoms with Crippen LogP contribution in [0.4, 0.5) is 5.69 Å². The smallest absolute Gasteiger partial charge is 0.254 e. The van der Waals surface area contributed by atoms with E-state index in [9.17, 15) is 14.4 Å². The van der Waals surface area contributed by atoms with Gasteiger partial charge in [-0.2, -0.15) is 0 Å². The molecule has 6 heteroatoms. The minimum absolute atomic E-state index is 0.118. The molecule has 1 heterocycles. The number of amides is 3. The summed E-state index contributed by atoms with van der Waals surface area (Å²) in [5.41, 5.74) is 3.20.